The summed E-state index contributed by atoms with van der Waals surface area (Å²) in [6.07, 6.45) is 5.85. The van der Waals surface area contributed by atoms with E-state index in [0.29, 0.717) is 6.04 Å². The van der Waals surface area contributed by atoms with Crippen LogP contribution in [-0.2, 0) is 11.3 Å². The lowest BCUT2D eigenvalue weighted by Gasteiger charge is -2.16. The number of hydrogen-bond donors (Lipinski definition) is 2. The first-order chi connectivity index (χ1) is 12.2. The summed E-state index contributed by atoms with van der Waals surface area (Å²) in [6, 6.07) is 15.3. The Morgan fingerprint density at radius 2 is 2.04 bits per heavy atom. The highest BCUT2D eigenvalue weighted by Gasteiger charge is 2.23. The first-order valence-electron chi connectivity index (χ1n) is 8.75. The monoisotopic (exact) mass is 334 g/mol. The maximum atomic E-state index is 11.9. The van der Waals surface area contributed by atoms with Crippen LogP contribution in [0.25, 0.3) is 10.8 Å². The molecule has 2 N–H and O–H groups in total. The van der Waals surface area contributed by atoms with Crippen LogP contribution in [0.2, 0.25) is 0 Å². The molecule has 1 amide bonds. The maximum Gasteiger partial charge on any atom is 0.241 e. The van der Waals surface area contributed by atoms with Gasteiger partial charge in [-0.05, 0) is 36.1 Å². The molecule has 1 fully saturated rings. The predicted octanol–water partition coefficient (Wildman–Crippen LogP) is 3.49. The summed E-state index contributed by atoms with van der Waals surface area (Å²) >= 11 is 0. The number of benzene rings is 2. The lowest BCUT2D eigenvalue weighted by molar-refractivity contribution is -0.122. The van der Waals surface area contributed by atoms with Crippen LogP contribution >= 0.6 is 0 Å². The molecule has 1 heterocycles. The van der Waals surface area contributed by atoms with Crippen LogP contribution in [-0.4, -0.2) is 21.7 Å². The number of hydrogen-bond acceptors (Lipinski definition) is 3. The van der Waals surface area contributed by atoms with Gasteiger partial charge in [-0.15, -0.1) is 0 Å². The maximum absolute atomic E-state index is 11.9. The lowest BCUT2D eigenvalue weighted by atomic mass is 10.00. The van der Waals surface area contributed by atoms with Crippen molar-refractivity contribution in [3.05, 3.63) is 60.4 Å². The second-order valence-electron chi connectivity index (χ2n) is 6.70. The fraction of sp³-hybridized carbons (Fsp3) is 0.300. The SMILES string of the molecule is CC(Nc1cnn(CC(=O)NC2CC2)c1)c1cccc2ccccc12. The Hall–Kier alpha value is -2.82. The number of aromatic nitrogens is 2. The molecule has 1 unspecified atom stereocenters. The van der Waals surface area contributed by atoms with E-state index in [4.69, 9.17) is 0 Å². The van der Waals surface area contributed by atoms with E-state index in [1.54, 1.807) is 10.9 Å². The summed E-state index contributed by atoms with van der Waals surface area (Å²) in [5.41, 5.74) is 2.16. The molecule has 1 atom stereocenters. The Morgan fingerprint density at radius 3 is 2.88 bits per heavy atom. The summed E-state index contributed by atoms with van der Waals surface area (Å²) in [7, 11) is 0. The van der Waals surface area contributed by atoms with Crippen LogP contribution in [0.3, 0.4) is 0 Å². The summed E-state index contributed by atoms with van der Waals surface area (Å²) in [6.45, 7) is 2.40. The average Bonchev–Trinajstić information content (AvgIpc) is 3.32. The summed E-state index contributed by atoms with van der Waals surface area (Å²) in [5, 5.41) is 13.2. The Labute approximate surface area is 147 Å². The van der Waals surface area contributed by atoms with E-state index in [2.05, 4.69) is 65.1 Å². The molecule has 0 spiro atoms. The smallest absolute Gasteiger partial charge is 0.241 e. The van der Waals surface area contributed by atoms with E-state index in [-0.39, 0.29) is 18.5 Å². The van der Waals surface area contributed by atoms with Crippen molar-refractivity contribution < 1.29 is 4.79 Å². The van der Waals surface area contributed by atoms with Gasteiger partial charge in [-0.1, -0.05) is 42.5 Å². The van der Waals surface area contributed by atoms with Crippen LogP contribution in [0.1, 0.15) is 31.4 Å². The summed E-state index contributed by atoms with van der Waals surface area (Å²) in [4.78, 5) is 11.9. The number of amides is 1. The third kappa shape index (κ3) is 3.65. The normalized spacial score (nSPS) is 15.1. The Kier molecular flexibility index (Phi) is 4.14. The van der Waals surface area contributed by atoms with Crippen LogP contribution in [0.4, 0.5) is 5.69 Å². The van der Waals surface area contributed by atoms with Crippen molar-refractivity contribution in [1.82, 2.24) is 15.1 Å². The molecule has 0 bridgehead atoms. The number of fused-ring (bicyclic) bond motifs is 1. The van der Waals surface area contributed by atoms with E-state index in [1.165, 1.54) is 16.3 Å². The van der Waals surface area contributed by atoms with Crippen LogP contribution in [0.5, 0.6) is 0 Å². The zero-order valence-corrected chi connectivity index (χ0v) is 14.3. The van der Waals surface area contributed by atoms with Gasteiger partial charge in [-0.25, -0.2) is 0 Å². The number of anilines is 1. The molecule has 128 valence electrons. The second-order valence-corrected chi connectivity index (χ2v) is 6.70. The fourth-order valence-electron chi connectivity index (χ4n) is 3.13. The number of carbonyl (C=O) groups excluding carboxylic acids is 1. The van der Waals surface area contributed by atoms with Crippen molar-refractivity contribution >= 4 is 22.4 Å². The van der Waals surface area contributed by atoms with Gasteiger partial charge in [-0.3, -0.25) is 9.48 Å². The molecule has 1 saturated carbocycles. The van der Waals surface area contributed by atoms with E-state index in [0.717, 1.165) is 18.5 Å². The molecule has 5 nitrogen and oxygen atoms in total. The fourth-order valence-corrected chi connectivity index (χ4v) is 3.13. The third-order valence-electron chi connectivity index (χ3n) is 4.55. The Bertz CT molecular complexity index is 892. The summed E-state index contributed by atoms with van der Waals surface area (Å²) in [5.74, 6) is 0.0271. The van der Waals surface area contributed by atoms with E-state index >= 15 is 0 Å². The zero-order valence-electron chi connectivity index (χ0n) is 14.3. The van der Waals surface area contributed by atoms with Gasteiger partial charge in [0.05, 0.1) is 11.9 Å². The minimum Gasteiger partial charge on any atom is -0.376 e. The highest BCUT2D eigenvalue weighted by Crippen LogP contribution is 2.26. The zero-order chi connectivity index (χ0) is 17.2. The minimum atomic E-state index is 0.0271. The highest BCUT2D eigenvalue weighted by molar-refractivity contribution is 5.86. The number of carbonyl (C=O) groups is 1. The van der Waals surface area contributed by atoms with Crippen molar-refractivity contribution in [3.8, 4) is 0 Å². The third-order valence-corrected chi connectivity index (χ3v) is 4.55. The standard InChI is InChI=1S/C20H22N4O/c1-14(18-8-4-6-15-5-2-3-7-19(15)18)22-17-11-21-24(12-17)13-20(25)23-16-9-10-16/h2-8,11-12,14,16,22H,9-10,13H2,1H3,(H,23,25). The number of nitrogens with one attached hydrogen (secondary N) is 2. The minimum absolute atomic E-state index is 0.0271. The molecule has 25 heavy (non-hydrogen) atoms. The number of nitrogens with zero attached hydrogens (tertiary/aromatic N) is 2. The van der Waals surface area contributed by atoms with Crippen molar-refractivity contribution in [3.63, 3.8) is 0 Å². The highest BCUT2D eigenvalue weighted by atomic mass is 16.2. The van der Waals surface area contributed by atoms with Gasteiger partial charge in [0.15, 0.2) is 0 Å². The van der Waals surface area contributed by atoms with Crippen LogP contribution in [0.15, 0.2) is 54.9 Å². The largest absolute Gasteiger partial charge is 0.376 e. The second kappa shape index (κ2) is 6.59. The molecular weight excluding hydrogens is 312 g/mol. The quantitative estimate of drug-likeness (QED) is 0.725. The molecular formula is C20H22N4O. The number of rotatable bonds is 6. The van der Waals surface area contributed by atoms with E-state index in [1.807, 2.05) is 6.20 Å². The van der Waals surface area contributed by atoms with Crippen LogP contribution in [0, 0.1) is 0 Å². The molecule has 1 aliphatic carbocycles. The van der Waals surface area contributed by atoms with Gasteiger partial charge in [0, 0.05) is 18.3 Å². The molecule has 5 heteroatoms. The van der Waals surface area contributed by atoms with Crippen molar-refractivity contribution in [1.29, 1.82) is 0 Å². The van der Waals surface area contributed by atoms with Gasteiger partial charge >= 0.3 is 0 Å². The molecule has 0 radical (unpaired) electrons. The molecule has 3 aromatic rings. The van der Waals surface area contributed by atoms with Crippen LogP contribution < -0.4 is 10.6 Å². The van der Waals surface area contributed by atoms with Crippen molar-refractivity contribution in [2.75, 3.05) is 5.32 Å². The van der Waals surface area contributed by atoms with E-state index in [9.17, 15) is 4.79 Å². The first kappa shape index (κ1) is 15.7. The lowest BCUT2D eigenvalue weighted by Crippen LogP contribution is -2.29. The van der Waals surface area contributed by atoms with Gasteiger partial charge in [0.2, 0.25) is 5.91 Å². The van der Waals surface area contributed by atoms with Gasteiger partial charge in [-0.2, -0.15) is 5.10 Å². The topological polar surface area (TPSA) is 59.0 Å². The predicted molar refractivity (Wildman–Crippen MR) is 99.4 cm³/mol. The molecule has 0 saturated heterocycles. The summed E-state index contributed by atoms with van der Waals surface area (Å²) < 4.78 is 1.68. The Balaban J connectivity index is 1.45. The molecule has 4 rings (SSSR count). The van der Waals surface area contributed by atoms with E-state index < -0.39 is 0 Å². The van der Waals surface area contributed by atoms with Gasteiger partial charge in [0.25, 0.3) is 0 Å². The van der Waals surface area contributed by atoms with Crippen molar-refractivity contribution in [2.24, 2.45) is 0 Å². The van der Waals surface area contributed by atoms with Gasteiger partial charge in [0.1, 0.15) is 6.54 Å². The molecule has 1 aromatic heterocycles. The Morgan fingerprint density at radius 1 is 1.24 bits per heavy atom. The van der Waals surface area contributed by atoms with Gasteiger partial charge < -0.3 is 10.6 Å². The molecule has 2 aromatic carbocycles. The van der Waals surface area contributed by atoms with Crippen molar-refractivity contribution in [2.45, 2.75) is 38.4 Å². The first-order valence-corrected chi connectivity index (χ1v) is 8.75. The molecule has 0 aliphatic heterocycles. The average molecular weight is 334 g/mol. The molecule has 1 aliphatic rings.